The molecule has 0 bridgehead atoms. The summed E-state index contributed by atoms with van der Waals surface area (Å²) < 4.78 is 0. The molecule has 1 aromatic rings. The standard InChI is InChI=1S/C26H45NO/c1-3-4-5-6-7-8-9-10-11-12-13-14-15-16-17-20-23-27(2)26-22-19-18-21-25(26)24-28/h18-19,21-22,24H,3-17,20,23H2,1-2H3. The van der Waals surface area contributed by atoms with E-state index in [1.165, 1.54) is 103 Å². The summed E-state index contributed by atoms with van der Waals surface area (Å²) in [5.41, 5.74) is 1.85. The second-order valence-electron chi connectivity index (χ2n) is 8.40. The third kappa shape index (κ3) is 12.2. The molecule has 2 heteroatoms. The van der Waals surface area contributed by atoms with Crippen molar-refractivity contribution in [3.63, 3.8) is 0 Å². The van der Waals surface area contributed by atoms with Crippen molar-refractivity contribution in [2.75, 3.05) is 18.5 Å². The van der Waals surface area contributed by atoms with Gasteiger partial charge in [-0.1, -0.05) is 115 Å². The van der Waals surface area contributed by atoms with Crippen molar-refractivity contribution >= 4 is 12.0 Å². The topological polar surface area (TPSA) is 20.3 Å². The molecule has 0 unspecified atom stereocenters. The molecule has 0 spiro atoms. The first-order valence-corrected chi connectivity index (χ1v) is 12.0. The Morgan fingerprint density at radius 1 is 0.679 bits per heavy atom. The van der Waals surface area contributed by atoms with E-state index in [9.17, 15) is 4.79 Å². The average Bonchev–Trinajstić information content (AvgIpc) is 2.73. The van der Waals surface area contributed by atoms with Gasteiger partial charge in [0.05, 0.1) is 0 Å². The predicted octanol–water partition coefficient (Wildman–Crippen LogP) is 8.20. The summed E-state index contributed by atoms with van der Waals surface area (Å²) in [5.74, 6) is 0. The minimum atomic E-state index is 0.793. The maximum absolute atomic E-state index is 11.1. The van der Waals surface area contributed by atoms with Crippen LogP contribution in [0.5, 0.6) is 0 Å². The largest absolute Gasteiger partial charge is 0.374 e. The van der Waals surface area contributed by atoms with Crippen LogP contribution in [-0.4, -0.2) is 19.9 Å². The lowest BCUT2D eigenvalue weighted by Gasteiger charge is -2.20. The van der Waals surface area contributed by atoms with E-state index in [1.54, 1.807) is 0 Å². The number of benzene rings is 1. The molecule has 0 fully saturated rings. The van der Waals surface area contributed by atoms with Crippen LogP contribution in [-0.2, 0) is 0 Å². The first-order chi connectivity index (χ1) is 13.8. The Kier molecular flexibility index (Phi) is 15.7. The maximum Gasteiger partial charge on any atom is 0.152 e. The lowest BCUT2D eigenvalue weighted by molar-refractivity contribution is 0.112. The van der Waals surface area contributed by atoms with E-state index in [4.69, 9.17) is 0 Å². The molecule has 28 heavy (non-hydrogen) atoms. The zero-order valence-corrected chi connectivity index (χ0v) is 18.8. The Morgan fingerprint density at radius 3 is 1.57 bits per heavy atom. The maximum atomic E-state index is 11.1. The normalized spacial score (nSPS) is 10.9. The van der Waals surface area contributed by atoms with E-state index < -0.39 is 0 Å². The lowest BCUT2D eigenvalue weighted by Crippen LogP contribution is -2.19. The van der Waals surface area contributed by atoms with Crippen LogP contribution in [0.3, 0.4) is 0 Å². The highest BCUT2D eigenvalue weighted by molar-refractivity contribution is 5.84. The predicted molar refractivity (Wildman–Crippen MR) is 125 cm³/mol. The van der Waals surface area contributed by atoms with Gasteiger partial charge in [0, 0.05) is 24.8 Å². The lowest BCUT2D eigenvalue weighted by atomic mass is 10.0. The zero-order valence-electron chi connectivity index (χ0n) is 18.8. The summed E-state index contributed by atoms with van der Waals surface area (Å²) in [4.78, 5) is 13.3. The van der Waals surface area contributed by atoms with Crippen LogP contribution in [0.25, 0.3) is 0 Å². The minimum Gasteiger partial charge on any atom is -0.374 e. The summed E-state index contributed by atoms with van der Waals surface area (Å²) in [6.45, 7) is 3.32. The van der Waals surface area contributed by atoms with Crippen molar-refractivity contribution in [3.05, 3.63) is 29.8 Å². The summed E-state index contributed by atoms with van der Waals surface area (Å²) >= 11 is 0. The van der Waals surface area contributed by atoms with Gasteiger partial charge >= 0.3 is 0 Å². The van der Waals surface area contributed by atoms with E-state index in [-0.39, 0.29) is 0 Å². The number of carbonyl (C=O) groups is 1. The highest BCUT2D eigenvalue weighted by atomic mass is 16.1. The molecule has 0 saturated heterocycles. The van der Waals surface area contributed by atoms with E-state index in [1.807, 2.05) is 24.3 Å². The molecule has 160 valence electrons. The average molecular weight is 388 g/mol. The Bertz CT molecular complexity index is 485. The van der Waals surface area contributed by atoms with E-state index >= 15 is 0 Å². The van der Waals surface area contributed by atoms with Gasteiger partial charge in [0.15, 0.2) is 6.29 Å². The van der Waals surface area contributed by atoms with E-state index in [0.717, 1.165) is 24.1 Å². The van der Waals surface area contributed by atoms with E-state index in [0.29, 0.717) is 0 Å². The van der Waals surface area contributed by atoms with Crippen molar-refractivity contribution in [2.45, 2.75) is 110 Å². The number of hydrogen-bond donors (Lipinski definition) is 0. The molecule has 0 amide bonds. The van der Waals surface area contributed by atoms with Gasteiger partial charge in [0.25, 0.3) is 0 Å². The molecule has 2 nitrogen and oxygen atoms in total. The van der Waals surface area contributed by atoms with Gasteiger partial charge in [-0.15, -0.1) is 0 Å². The molecule has 0 saturated carbocycles. The number of nitrogens with zero attached hydrogens (tertiary/aromatic N) is 1. The molecule has 0 aliphatic rings. The number of rotatable bonds is 19. The fourth-order valence-corrected chi connectivity index (χ4v) is 3.95. The zero-order chi connectivity index (χ0) is 20.3. The molecule has 0 aliphatic carbocycles. The summed E-state index contributed by atoms with van der Waals surface area (Å²) in [6, 6.07) is 7.87. The molecule has 1 aromatic carbocycles. The van der Waals surface area contributed by atoms with Crippen molar-refractivity contribution < 1.29 is 4.79 Å². The fraction of sp³-hybridized carbons (Fsp3) is 0.731. The summed E-state index contributed by atoms with van der Waals surface area (Å²) in [6.07, 6.45) is 23.4. The van der Waals surface area contributed by atoms with Gasteiger partial charge in [-0.05, 0) is 18.6 Å². The van der Waals surface area contributed by atoms with Gasteiger partial charge in [0.1, 0.15) is 0 Å². The van der Waals surface area contributed by atoms with Crippen molar-refractivity contribution in [3.8, 4) is 0 Å². The molecule has 0 atom stereocenters. The van der Waals surface area contributed by atoms with Crippen molar-refractivity contribution in [1.82, 2.24) is 0 Å². The van der Waals surface area contributed by atoms with Crippen LogP contribution in [0.15, 0.2) is 24.3 Å². The van der Waals surface area contributed by atoms with Crippen LogP contribution in [0.4, 0.5) is 5.69 Å². The minimum absolute atomic E-state index is 0.793. The first kappa shape index (κ1) is 24.7. The summed E-state index contributed by atoms with van der Waals surface area (Å²) in [7, 11) is 2.09. The van der Waals surface area contributed by atoms with Crippen molar-refractivity contribution in [1.29, 1.82) is 0 Å². The number of carbonyl (C=O) groups excluding carboxylic acids is 1. The second kappa shape index (κ2) is 17.8. The van der Waals surface area contributed by atoms with Gasteiger partial charge < -0.3 is 4.90 Å². The third-order valence-corrected chi connectivity index (χ3v) is 5.82. The first-order valence-electron chi connectivity index (χ1n) is 12.0. The number of hydrogen-bond acceptors (Lipinski definition) is 2. The molecule has 0 radical (unpaired) electrons. The Morgan fingerprint density at radius 2 is 1.11 bits per heavy atom. The number of aldehydes is 1. The molecule has 0 aliphatic heterocycles. The van der Waals surface area contributed by atoms with Gasteiger partial charge in [-0.25, -0.2) is 0 Å². The van der Waals surface area contributed by atoms with Crippen molar-refractivity contribution in [2.24, 2.45) is 0 Å². The third-order valence-electron chi connectivity index (χ3n) is 5.82. The smallest absolute Gasteiger partial charge is 0.152 e. The monoisotopic (exact) mass is 387 g/mol. The number of anilines is 1. The SMILES string of the molecule is CCCCCCCCCCCCCCCCCCN(C)c1ccccc1C=O. The highest BCUT2D eigenvalue weighted by Crippen LogP contribution is 2.18. The molecule has 0 heterocycles. The molecule has 0 aromatic heterocycles. The summed E-state index contributed by atoms with van der Waals surface area (Å²) in [5, 5.41) is 0. The number of para-hydroxylation sites is 1. The van der Waals surface area contributed by atoms with Crippen LogP contribution >= 0.6 is 0 Å². The second-order valence-corrected chi connectivity index (χ2v) is 8.40. The number of unbranched alkanes of at least 4 members (excludes halogenated alkanes) is 15. The van der Waals surface area contributed by atoms with Crippen LogP contribution < -0.4 is 4.90 Å². The van der Waals surface area contributed by atoms with Gasteiger partial charge in [0.2, 0.25) is 0 Å². The highest BCUT2D eigenvalue weighted by Gasteiger charge is 2.05. The van der Waals surface area contributed by atoms with Crippen LogP contribution in [0, 0.1) is 0 Å². The molecule has 0 N–H and O–H groups in total. The van der Waals surface area contributed by atoms with Gasteiger partial charge in [-0.2, -0.15) is 0 Å². The quantitative estimate of drug-likeness (QED) is 0.176. The Hall–Kier alpha value is -1.31. The molecular formula is C26H45NO. The van der Waals surface area contributed by atoms with Crippen LogP contribution in [0.2, 0.25) is 0 Å². The molecule has 1 rings (SSSR count). The van der Waals surface area contributed by atoms with Crippen LogP contribution in [0.1, 0.15) is 120 Å². The molecular weight excluding hydrogens is 342 g/mol. The Labute approximate surface area is 175 Å². The Balaban J connectivity index is 1.86. The van der Waals surface area contributed by atoms with E-state index in [2.05, 4.69) is 18.9 Å². The van der Waals surface area contributed by atoms with Gasteiger partial charge in [-0.3, -0.25) is 4.79 Å². The fourth-order valence-electron chi connectivity index (χ4n) is 3.95.